The monoisotopic (exact) mass is 947 g/mol. The molecule has 0 saturated heterocycles. The Morgan fingerprint density at radius 2 is 0.932 bits per heavy atom. The molecule has 4 heterocycles. The Labute approximate surface area is 431 Å². The van der Waals surface area contributed by atoms with Crippen molar-refractivity contribution < 1.29 is 4.74 Å². The SMILES string of the molecule is CC(C)(C)c1cc(-c2ccccc2)c(N2c3cc(-n4c5c(c6ccccc64)CCCC5)ccc3B3c4ccc(-n5c6c(c7ccccc75)CCCC6)cc4Oc4cc(C(C)(C)C)cc2c43)c(-c2ccccc2)c1. The zero-order valence-corrected chi connectivity index (χ0v) is 43.1. The molecular weight excluding hydrogens is 886 g/mol. The van der Waals surface area contributed by atoms with E-state index in [1.54, 1.807) is 0 Å². The molecule has 0 saturated carbocycles. The number of benzene rings is 8. The molecule has 0 unspecified atom stereocenters. The molecule has 2 aromatic heterocycles. The fraction of sp³-hybridized carbons (Fsp3) is 0.235. The van der Waals surface area contributed by atoms with Gasteiger partial charge >= 0.3 is 0 Å². The number of hydrogen-bond donors (Lipinski definition) is 0. The van der Waals surface area contributed by atoms with E-state index in [2.05, 4.69) is 225 Å². The van der Waals surface area contributed by atoms with Crippen LogP contribution in [-0.2, 0) is 36.5 Å². The van der Waals surface area contributed by atoms with E-state index >= 15 is 0 Å². The summed E-state index contributed by atoms with van der Waals surface area (Å²) in [5, 5.41) is 2.77. The molecular formula is C68H62BN3O. The lowest BCUT2D eigenvalue weighted by molar-refractivity contribution is 0.483. The highest BCUT2D eigenvalue weighted by Crippen LogP contribution is 2.52. The Balaban J connectivity index is 1.09. The minimum Gasteiger partial charge on any atom is -0.458 e. The van der Waals surface area contributed by atoms with Gasteiger partial charge in [-0.2, -0.15) is 0 Å². The first-order valence-corrected chi connectivity index (χ1v) is 27.0. The van der Waals surface area contributed by atoms with E-state index in [1.807, 2.05) is 0 Å². The number of aryl methyl sites for hydroxylation is 2. The maximum absolute atomic E-state index is 7.50. The third kappa shape index (κ3) is 6.94. The number of hydrogen-bond acceptors (Lipinski definition) is 2. The van der Waals surface area contributed by atoms with Gasteiger partial charge in [-0.1, -0.05) is 151 Å². The Bertz CT molecular complexity index is 3800. The molecule has 2 aliphatic heterocycles. The van der Waals surface area contributed by atoms with Crippen molar-refractivity contribution in [2.45, 2.75) is 104 Å². The van der Waals surface area contributed by atoms with Crippen LogP contribution >= 0.6 is 0 Å². The predicted octanol–water partition coefficient (Wildman–Crippen LogP) is 15.7. The van der Waals surface area contributed by atoms with E-state index in [4.69, 9.17) is 4.74 Å². The Morgan fingerprint density at radius 3 is 1.49 bits per heavy atom. The average molecular weight is 948 g/mol. The lowest BCUT2D eigenvalue weighted by Gasteiger charge is -2.43. The van der Waals surface area contributed by atoms with Crippen LogP contribution in [0.1, 0.15) is 101 Å². The third-order valence-corrected chi connectivity index (χ3v) is 16.9. The summed E-state index contributed by atoms with van der Waals surface area (Å²) in [4.78, 5) is 2.67. The molecule has 73 heavy (non-hydrogen) atoms. The van der Waals surface area contributed by atoms with E-state index in [0.29, 0.717) is 0 Å². The van der Waals surface area contributed by atoms with Crippen molar-refractivity contribution in [3.63, 3.8) is 0 Å². The molecule has 0 bridgehead atoms. The molecule has 14 rings (SSSR count). The van der Waals surface area contributed by atoms with Gasteiger partial charge in [-0.15, -0.1) is 0 Å². The molecule has 4 nitrogen and oxygen atoms in total. The van der Waals surface area contributed by atoms with Crippen molar-refractivity contribution in [3.05, 3.63) is 203 Å². The highest BCUT2D eigenvalue weighted by Gasteiger charge is 2.44. The molecule has 5 heteroatoms. The number of nitrogens with zero attached hydrogens (tertiary/aromatic N) is 3. The molecule has 0 N–H and O–H groups in total. The van der Waals surface area contributed by atoms with Gasteiger partial charge in [0, 0.05) is 62.1 Å². The average Bonchev–Trinajstić information content (AvgIpc) is 3.93. The van der Waals surface area contributed by atoms with Crippen LogP contribution in [0.4, 0.5) is 17.1 Å². The summed E-state index contributed by atoms with van der Waals surface area (Å²) < 4.78 is 12.7. The summed E-state index contributed by atoms with van der Waals surface area (Å²) >= 11 is 0. The molecule has 0 spiro atoms. The van der Waals surface area contributed by atoms with Gasteiger partial charge in [0.1, 0.15) is 11.5 Å². The Hall–Kier alpha value is -7.50. The van der Waals surface area contributed by atoms with Crippen molar-refractivity contribution in [1.82, 2.24) is 9.13 Å². The van der Waals surface area contributed by atoms with Crippen LogP contribution in [0.25, 0.3) is 55.4 Å². The normalized spacial score (nSPS) is 14.9. The predicted molar refractivity (Wildman–Crippen MR) is 308 cm³/mol. The Morgan fingerprint density at radius 1 is 0.438 bits per heavy atom. The van der Waals surface area contributed by atoms with Crippen molar-refractivity contribution in [3.8, 4) is 45.1 Å². The maximum atomic E-state index is 7.50. The first-order valence-electron chi connectivity index (χ1n) is 27.0. The van der Waals surface area contributed by atoms with Gasteiger partial charge in [0.2, 0.25) is 0 Å². The molecule has 10 aromatic rings. The minimum absolute atomic E-state index is 0.0723. The number of fused-ring (bicyclic) bond motifs is 10. The van der Waals surface area contributed by atoms with Gasteiger partial charge in [0.15, 0.2) is 0 Å². The van der Waals surface area contributed by atoms with Crippen LogP contribution in [0.15, 0.2) is 170 Å². The molecule has 0 fully saturated rings. The second kappa shape index (κ2) is 16.5. The summed E-state index contributed by atoms with van der Waals surface area (Å²) in [7, 11) is 0. The number of rotatable bonds is 5. The first-order chi connectivity index (χ1) is 35.5. The largest absolute Gasteiger partial charge is 0.458 e. The standard InChI is InChI=1S/C68H62BN3O/c1-67(2,3)45-37-53(43-21-9-7-10-22-43)66(54(38-45)44-23-11-8-12-24-44)72-61-41-47(70-57-29-17-13-25-49(57)50-26-14-18-30-58(50)70)33-35-55(61)69-56-36-34-48(71-59-31-19-15-27-51(59)52-28-16-20-32-60(52)71)42-63(56)73-64-40-46(68(4,5)6)39-62(72)65(64)69/h7-13,15,17,19,21-25,27,29,31,33-42H,14,16,18,20,26,28,30,32H2,1-6H3. The zero-order chi connectivity index (χ0) is 49.3. The highest BCUT2D eigenvalue weighted by molar-refractivity contribution is 6.99. The van der Waals surface area contributed by atoms with E-state index in [-0.39, 0.29) is 17.5 Å². The van der Waals surface area contributed by atoms with E-state index in [1.165, 1.54) is 148 Å². The summed E-state index contributed by atoms with van der Waals surface area (Å²) in [6, 6.07) is 64.8. The summed E-state index contributed by atoms with van der Waals surface area (Å²) in [5.74, 6) is 1.88. The van der Waals surface area contributed by atoms with E-state index in [0.717, 1.165) is 37.2 Å². The zero-order valence-electron chi connectivity index (χ0n) is 43.1. The van der Waals surface area contributed by atoms with Crippen molar-refractivity contribution in [2.24, 2.45) is 0 Å². The van der Waals surface area contributed by atoms with E-state index < -0.39 is 0 Å². The molecule has 0 radical (unpaired) electrons. The fourth-order valence-corrected chi connectivity index (χ4v) is 13.2. The first kappa shape index (κ1) is 44.2. The van der Waals surface area contributed by atoms with Crippen LogP contribution in [0.5, 0.6) is 11.5 Å². The van der Waals surface area contributed by atoms with Crippen molar-refractivity contribution in [2.75, 3.05) is 4.90 Å². The van der Waals surface area contributed by atoms with Gasteiger partial charge in [0.05, 0.1) is 16.7 Å². The lowest BCUT2D eigenvalue weighted by atomic mass is 9.34. The quantitative estimate of drug-likeness (QED) is 0.160. The smallest absolute Gasteiger partial charge is 0.256 e. The van der Waals surface area contributed by atoms with Crippen LogP contribution in [-0.4, -0.2) is 15.8 Å². The molecule has 4 aliphatic rings. The van der Waals surface area contributed by atoms with Gasteiger partial charge in [-0.05, 0) is 167 Å². The molecule has 0 atom stereocenters. The van der Waals surface area contributed by atoms with Crippen LogP contribution < -0.4 is 26.0 Å². The van der Waals surface area contributed by atoms with Gasteiger partial charge in [-0.3, -0.25) is 0 Å². The van der Waals surface area contributed by atoms with Crippen LogP contribution in [0, 0.1) is 0 Å². The maximum Gasteiger partial charge on any atom is 0.256 e. The van der Waals surface area contributed by atoms with Gasteiger partial charge < -0.3 is 18.8 Å². The second-order valence-electron chi connectivity index (χ2n) is 23.4. The van der Waals surface area contributed by atoms with Crippen LogP contribution in [0.2, 0.25) is 0 Å². The summed E-state index contributed by atoms with van der Waals surface area (Å²) in [5.41, 5.74) is 25.3. The minimum atomic E-state index is -0.173. The molecule has 8 aromatic carbocycles. The fourth-order valence-electron chi connectivity index (χ4n) is 13.2. The van der Waals surface area contributed by atoms with Gasteiger partial charge in [0.25, 0.3) is 6.71 Å². The van der Waals surface area contributed by atoms with E-state index in [9.17, 15) is 0 Å². The number of para-hydroxylation sites is 2. The molecule has 0 amide bonds. The third-order valence-electron chi connectivity index (χ3n) is 16.9. The topological polar surface area (TPSA) is 22.3 Å². The number of ether oxygens (including phenoxy) is 1. The summed E-state index contributed by atoms with van der Waals surface area (Å²) in [6.07, 6.45) is 9.31. The Kier molecular flexibility index (Phi) is 10.0. The molecule has 2 aliphatic carbocycles. The van der Waals surface area contributed by atoms with Crippen LogP contribution in [0.3, 0.4) is 0 Å². The number of aromatic nitrogens is 2. The molecule has 358 valence electrons. The van der Waals surface area contributed by atoms with Crippen molar-refractivity contribution in [1.29, 1.82) is 0 Å². The van der Waals surface area contributed by atoms with Crippen molar-refractivity contribution >= 4 is 62.0 Å². The highest BCUT2D eigenvalue weighted by atomic mass is 16.5. The second-order valence-corrected chi connectivity index (χ2v) is 23.4. The summed E-state index contributed by atoms with van der Waals surface area (Å²) in [6.45, 7) is 14.0. The lowest BCUT2D eigenvalue weighted by Crippen LogP contribution is -2.59. The van der Waals surface area contributed by atoms with Gasteiger partial charge in [-0.25, -0.2) is 0 Å². The number of anilines is 3.